The van der Waals surface area contributed by atoms with E-state index in [0.717, 1.165) is 35.4 Å². The zero-order valence-corrected chi connectivity index (χ0v) is 15.2. The number of hydrogen-bond donors (Lipinski definition) is 1. The highest BCUT2D eigenvalue weighted by Crippen LogP contribution is 2.30. The maximum atomic E-state index is 12.8. The zero-order chi connectivity index (χ0) is 18.0. The number of rotatable bonds is 4. The van der Waals surface area contributed by atoms with Gasteiger partial charge in [-0.1, -0.05) is 36.4 Å². The van der Waals surface area contributed by atoms with Crippen molar-refractivity contribution >= 4 is 21.6 Å². The molecule has 3 rings (SSSR count). The quantitative estimate of drug-likeness (QED) is 0.914. The molecule has 2 aromatic carbocycles. The maximum Gasteiger partial charge on any atom is 0.253 e. The fourth-order valence-electron chi connectivity index (χ4n) is 3.26. The largest absolute Gasteiger partial charge is 0.345 e. The van der Waals surface area contributed by atoms with Gasteiger partial charge in [0.2, 0.25) is 10.0 Å². The molecular weight excluding hydrogens is 336 g/mol. The molecule has 6 heteroatoms. The molecule has 2 aromatic rings. The van der Waals surface area contributed by atoms with E-state index >= 15 is 0 Å². The molecule has 0 aliphatic heterocycles. The highest BCUT2D eigenvalue weighted by Gasteiger charge is 2.24. The van der Waals surface area contributed by atoms with Crippen molar-refractivity contribution in [1.82, 2.24) is 5.32 Å². The SMILES string of the molecule is CN(c1ccccc1C(=O)N[C@H]1CCCc2ccccc21)S(C)(=O)=O. The molecule has 0 radical (unpaired) electrons. The van der Waals surface area contributed by atoms with Gasteiger partial charge in [0.15, 0.2) is 0 Å². The second-order valence-electron chi connectivity index (χ2n) is 6.36. The van der Waals surface area contributed by atoms with Crippen LogP contribution in [0, 0.1) is 0 Å². The number of nitrogens with zero attached hydrogens (tertiary/aromatic N) is 1. The molecule has 1 aliphatic rings. The molecule has 0 aromatic heterocycles. The van der Waals surface area contributed by atoms with Crippen molar-refractivity contribution in [1.29, 1.82) is 0 Å². The standard InChI is InChI=1S/C19H22N2O3S/c1-21(25(2,23)24)18-13-6-5-11-16(18)19(22)20-17-12-7-9-14-8-3-4-10-15(14)17/h3-6,8,10-11,13,17H,7,9,12H2,1-2H3,(H,20,22)/t17-/m0/s1. The molecule has 132 valence electrons. The monoisotopic (exact) mass is 358 g/mol. The van der Waals surface area contributed by atoms with Gasteiger partial charge in [-0.2, -0.15) is 0 Å². The number of fused-ring (bicyclic) bond motifs is 1. The predicted octanol–water partition coefficient (Wildman–Crippen LogP) is 2.89. The Morgan fingerprint density at radius 2 is 1.80 bits per heavy atom. The molecule has 1 aliphatic carbocycles. The number of nitrogens with one attached hydrogen (secondary N) is 1. The lowest BCUT2D eigenvalue weighted by atomic mass is 9.87. The Balaban J connectivity index is 1.89. The third-order valence-corrected chi connectivity index (χ3v) is 5.85. The molecule has 5 nitrogen and oxygen atoms in total. The summed E-state index contributed by atoms with van der Waals surface area (Å²) in [6.45, 7) is 0. The number of amides is 1. The molecule has 0 fully saturated rings. The van der Waals surface area contributed by atoms with Crippen LogP contribution < -0.4 is 9.62 Å². The van der Waals surface area contributed by atoms with Crippen molar-refractivity contribution in [2.24, 2.45) is 0 Å². The minimum Gasteiger partial charge on any atom is -0.345 e. The van der Waals surface area contributed by atoms with Crippen LogP contribution in [0.3, 0.4) is 0 Å². The number of aryl methyl sites for hydroxylation is 1. The van der Waals surface area contributed by atoms with E-state index < -0.39 is 10.0 Å². The summed E-state index contributed by atoms with van der Waals surface area (Å²) in [5.74, 6) is -0.257. The Hall–Kier alpha value is -2.34. The first kappa shape index (κ1) is 17.5. The number of benzene rings is 2. The molecule has 0 spiro atoms. The summed E-state index contributed by atoms with van der Waals surface area (Å²) in [5, 5.41) is 3.08. The molecule has 25 heavy (non-hydrogen) atoms. The lowest BCUT2D eigenvalue weighted by molar-refractivity contribution is 0.0933. The van der Waals surface area contributed by atoms with Crippen LogP contribution in [-0.2, 0) is 16.4 Å². The third kappa shape index (κ3) is 3.69. The van der Waals surface area contributed by atoms with Crippen LogP contribution in [0.1, 0.15) is 40.4 Å². The molecule has 1 N–H and O–H groups in total. The number of sulfonamides is 1. The molecule has 0 unspecified atom stereocenters. The van der Waals surface area contributed by atoms with Gasteiger partial charge in [0.25, 0.3) is 5.91 Å². The smallest absolute Gasteiger partial charge is 0.253 e. The van der Waals surface area contributed by atoms with Crippen molar-refractivity contribution in [3.05, 3.63) is 65.2 Å². The highest BCUT2D eigenvalue weighted by atomic mass is 32.2. The van der Waals surface area contributed by atoms with E-state index in [0.29, 0.717) is 11.3 Å². The van der Waals surface area contributed by atoms with E-state index in [1.807, 2.05) is 18.2 Å². The Morgan fingerprint density at radius 3 is 2.56 bits per heavy atom. The van der Waals surface area contributed by atoms with Crippen molar-refractivity contribution in [2.75, 3.05) is 17.6 Å². The summed E-state index contributed by atoms with van der Waals surface area (Å²) >= 11 is 0. The predicted molar refractivity (Wildman–Crippen MR) is 99.3 cm³/mol. The molecule has 1 amide bonds. The van der Waals surface area contributed by atoms with E-state index in [1.54, 1.807) is 24.3 Å². The van der Waals surface area contributed by atoms with Crippen molar-refractivity contribution in [2.45, 2.75) is 25.3 Å². The first-order valence-electron chi connectivity index (χ1n) is 8.29. The van der Waals surface area contributed by atoms with Crippen molar-refractivity contribution in [3.63, 3.8) is 0 Å². The number of hydrogen-bond acceptors (Lipinski definition) is 3. The fourth-order valence-corrected chi connectivity index (χ4v) is 3.78. The Bertz CT molecular complexity index is 893. The van der Waals surface area contributed by atoms with Crippen LogP contribution in [0.15, 0.2) is 48.5 Å². The Morgan fingerprint density at radius 1 is 1.12 bits per heavy atom. The molecule has 0 saturated heterocycles. The number of carbonyl (C=O) groups excluding carboxylic acids is 1. The second-order valence-corrected chi connectivity index (χ2v) is 8.38. The van der Waals surface area contributed by atoms with Crippen molar-refractivity contribution < 1.29 is 13.2 Å². The third-order valence-electron chi connectivity index (χ3n) is 4.66. The van der Waals surface area contributed by atoms with Crippen LogP contribution in [0.5, 0.6) is 0 Å². The van der Waals surface area contributed by atoms with Gasteiger partial charge in [-0.05, 0) is 42.5 Å². The van der Waals surface area contributed by atoms with Gasteiger partial charge in [0.1, 0.15) is 0 Å². The highest BCUT2D eigenvalue weighted by molar-refractivity contribution is 7.92. The van der Waals surface area contributed by atoms with Gasteiger partial charge in [-0.3, -0.25) is 9.10 Å². The van der Waals surface area contributed by atoms with Gasteiger partial charge in [0.05, 0.1) is 23.5 Å². The summed E-state index contributed by atoms with van der Waals surface area (Å²) < 4.78 is 24.8. The van der Waals surface area contributed by atoms with Gasteiger partial charge in [0, 0.05) is 7.05 Å². The Kier molecular flexibility index (Phi) is 4.81. The van der Waals surface area contributed by atoms with Gasteiger partial charge < -0.3 is 5.32 Å². The van der Waals surface area contributed by atoms with E-state index in [1.165, 1.54) is 12.6 Å². The zero-order valence-electron chi connectivity index (χ0n) is 14.4. The number of carbonyl (C=O) groups is 1. The van der Waals surface area contributed by atoms with E-state index in [-0.39, 0.29) is 11.9 Å². The van der Waals surface area contributed by atoms with Gasteiger partial charge in [-0.25, -0.2) is 8.42 Å². The number of anilines is 1. The van der Waals surface area contributed by atoms with Gasteiger partial charge in [-0.15, -0.1) is 0 Å². The fraction of sp³-hybridized carbons (Fsp3) is 0.316. The summed E-state index contributed by atoms with van der Waals surface area (Å²) in [7, 11) is -1.98. The van der Waals surface area contributed by atoms with E-state index in [2.05, 4.69) is 11.4 Å². The maximum absolute atomic E-state index is 12.8. The summed E-state index contributed by atoms with van der Waals surface area (Å²) in [6, 6.07) is 14.9. The first-order chi connectivity index (χ1) is 11.9. The Labute approximate surface area is 148 Å². The number of para-hydroxylation sites is 1. The average molecular weight is 358 g/mol. The second kappa shape index (κ2) is 6.88. The lowest BCUT2D eigenvalue weighted by Gasteiger charge is -2.27. The van der Waals surface area contributed by atoms with Crippen LogP contribution in [0.25, 0.3) is 0 Å². The first-order valence-corrected chi connectivity index (χ1v) is 10.1. The van der Waals surface area contributed by atoms with Gasteiger partial charge >= 0.3 is 0 Å². The van der Waals surface area contributed by atoms with Crippen LogP contribution in [-0.4, -0.2) is 27.6 Å². The minimum absolute atomic E-state index is 0.0472. The molecule has 0 heterocycles. The van der Waals surface area contributed by atoms with Crippen molar-refractivity contribution in [3.8, 4) is 0 Å². The molecular formula is C19H22N2O3S. The molecule has 1 atom stereocenters. The average Bonchev–Trinajstić information content (AvgIpc) is 2.60. The van der Waals surface area contributed by atoms with Crippen LogP contribution in [0.2, 0.25) is 0 Å². The van der Waals surface area contributed by atoms with E-state index in [9.17, 15) is 13.2 Å². The molecule has 0 bridgehead atoms. The normalized spacial score (nSPS) is 16.8. The molecule has 0 saturated carbocycles. The van der Waals surface area contributed by atoms with E-state index in [4.69, 9.17) is 0 Å². The van der Waals surface area contributed by atoms with Crippen LogP contribution in [0.4, 0.5) is 5.69 Å². The summed E-state index contributed by atoms with van der Waals surface area (Å²) in [4.78, 5) is 12.8. The minimum atomic E-state index is -3.44. The topological polar surface area (TPSA) is 66.5 Å². The summed E-state index contributed by atoms with van der Waals surface area (Å²) in [6.07, 6.45) is 4.05. The van der Waals surface area contributed by atoms with Crippen LogP contribution >= 0.6 is 0 Å². The summed E-state index contributed by atoms with van der Waals surface area (Å²) in [5.41, 5.74) is 3.15. The lowest BCUT2D eigenvalue weighted by Crippen LogP contribution is -2.33.